The smallest absolute Gasteiger partial charge is 0.379 e. The molecule has 0 spiro atoms. The molecule has 182 valence electrons. The van der Waals surface area contributed by atoms with Gasteiger partial charge in [-0.1, -0.05) is 0 Å². The molecule has 0 aliphatic heterocycles. The molecule has 4 rings (SSSR count). The fourth-order valence-corrected chi connectivity index (χ4v) is 3.84. The first kappa shape index (κ1) is 23.5. The van der Waals surface area contributed by atoms with Gasteiger partial charge in [0, 0.05) is 25.4 Å². The molecule has 13 heteroatoms. The molecule has 1 aliphatic rings. The second-order valence-electron chi connectivity index (χ2n) is 8.41. The second-order valence-corrected chi connectivity index (χ2v) is 8.41. The van der Waals surface area contributed by atoms with Gasteiger partial charge in [0.1, 0.15) is 22.9 Å². The van der Waals surface area contributed by atoms with Gasteiger partial charge >= 0.3 is 6.18 Å². The van der Waals surface area contributed by atoms with Crippen LogP contribution in [0.1, 0.15) is 43.1 Å². The highest BCUT2D eigenvalue weighted by Crippen LogP contribution is 2.45. The van der Waals surface area contributed by atoms with Crippen molar-refractivity contribution >= 4 is 28.9 Å². The van der Waals surface area contributed by atoms with Crippen LogP contribution in [0.4, 0.5) is 30.5 Å². The Morgan fingerprint density at radius 2 is 2.09 bits per heavy atom. The molecule has 34 heavy (non-hydrogen) atoms. The van der Waals surface area contributed by atoms with Crippen molar-refractivity contribution in [2.24, 2.45) is 0 Å². The Bertz CT molecular complexity index is 1300. The number of aromatic nitrogens is 4. The quantitative estimate of drug-likeness (QED) is 0.428. The van der Waals surface area contributed by atoms with Crippen molar-refractivity contribution in [2.75, 3.05) is 17.7 Å². The number of rotatable bonds is 6. The third-order valence-corrected chi connectivity index (χ3v) is 5.95. The van der Waals surface area contributed by atoms with E-state index in [9.17, 15) is 27.9 Å². The lowest BCUT2D eigenvalue weighted by molar-refractivity contribution is -0.296. The average molecular weight is 479 g/mol. The van der Waals surface area contributed by atoms with Gasteiger partial charge in [-0.3, -0.25) is 9.59 Å². The molecule has 0 unspecified atom stereocenters. The summed E-state index contributed by atoms with van der Waals surface area (Å²) in [5, 5.41) is 22.1. The van der Waals surface area contributed by atoms with Crippen molar-refractivity contribution < 1.29 is 23.1 Å². The molecular formula is C21H24F3N7O3. The number of alkyl halides is 3. The normalized spacial score (nSPS) is 20.3. The predicted molar refractivity (Wildman–Crippen MR) is 118 cm³/mol. The van der Waals surface area contributed by atoms with Gasteiger partial charge in [0.15, 0.2) is 11.2 Å². The summed E-state index contributed by atoms with van der Waals surface area (Å²) >= 11 is 0. The van der Waals surface area contributed by atoms with Crippen LogP contribution in [0.5, 0.6) is 0 Å². The van der Waals surface area contributed by atoms with Crippen LogP contribution in [-0.2, 0) is 0 Å². The number of aliphatic hydroxyl groups is 1. The monoisotopic (exact) mass is 479 g/mol. The molecule has 3 aromatic heterocycles. The predicted octanol–water partition coefficient (Wildman–Crippen LogP) is 2.44. The summed E-state index contributed by atoms with van der Waals surface area (Å²) in [5.74, 6) is -0.210. The molecule has 4 N–H and O–H groups in total. The summed E-state index contributed by atoms with van der Waals surface area (Å²) in [6, 6.07) is 3.33. The highest BCUT2D eigenvalue weighted by atomic mass is 19.4. The van der Waals surface area contributed by atoms with Gasteiger partial charge in [0.25, 0.3) is 11.5 Å². The topological polar surface area (TPSA) is 126 Å². The molecule has 10 nitrogen and oxygen atoms in total. The van der Waals surface area contributed by atoms with E-state index >= 15 is 0 Å². The van der Waals surface area contributed by atoms with Crippen molar-refractivity contribution in [1.82, 2.24) is 24.5 Å². The Morgan fingerprint density at radius 3 is 2.68 bits per heavy atom. The molecule has 0 saturated heterocycles. The van der Waals surface area contributed by atoms with Crippen molar-refractivity contribution in [3.63, 3.8) is 0 Å². The number of amides is 1. The number of fused-ring (bicyclic) bond motifs is 1. The highest BCUT2D eigenvalue weighted by Gasteiger charge is 2.64. The Labute approximate surface area is 191 Å². The number of nitrogens with one attached hydrogen (secondary N) is 3. The van der Waals surface area contributed by atoms with E-state index < -0.39 is 30.1 Å². The van der Waals surface area contributed by atoms with Gasteiger partial charge in [-0.25, -0.2) is 4.98 Å². The number of hydrogen-bond donors (Lipinski definition) is 4. The largest absolute Gasteiger partial charge is 0.419 e. The third-order valence-electron chi connectivity index (χ3n) is 5.95. The maximum Gasteiger partial charge on any atom is 0.419 e. The molecule has 0 aromatic carbocycles. The van der Waals surface area contributed by atoms with E-state index in [1.807, 2.05) is 13.8 Å². The maximum absolute atomic E-state index is 13.2. The molecule has 1 saturated carbocycles. The third kappa shape index (κ3) is 3.85. The molecule has 3 aromatic rings. The number of pyridine rings is 1. The first-order valence-electron chi connectivity index (χ1n) is 10.6. The Hall–Kier alpha value is -3.61. The number of nitrogens with zero attached hydrogens (tertiary/aromatic N) is 4. The molecule has 1 fully saturated rings. The zero-order chi connectivity index (χ0) is 24.8. The summed E-state index contributed by atoms with van der Waals surface area (Å²) in [6.45, 7) is 3.74. The first-order chi connectivity index (χ1) is 16.0. The van der Waals surface area contributed by atoms with Crippen molar-refractivity contribution in [3.8, 4) is 0 Å². The Balaban J connectivity index is 1.67. The molecule has 2 atom stereocenters. The molecule has 1 aliphatic carbocycles. The molecule has 3 heterocycles. The molecule has 0 bridgehead atoms. The fourth-order valence-electron chi connectivity index (χ4n) is 3.84. The van der Waals surface area contributed by atoms with Gasteiger partial charge < -0.3 is 25.6 Å². The van der Waals surface area contributed by atoms with E-state index in [2.05, 4.69) is 26.0 Å². The molecule has 1 amide bonds. The van der Waals surface area contributed by atoms with Crippen LogP contribution in [0.25, 0.3) is 5.65 Å². The van der Waals surface area contributed by atoms with E-state index in [1.165, 1.54) is 15.3 Å². The van der Waals surface area contributed by atoms with Gasteiger partial charge in [-0.15, -0.1) is 0 Å². The minimum Gasteiger partial charge on any atom is -0.379 e. The van der Waals surface area contributed by atoms with E-state index in [1.54, 1.807) is 31.4 Å². The number of anilines is 3. The van der Waals surface area contributed by atoms with Gasteiger partial charge in [0.05, 0.1) is 12.2 Å². The average Bonchev–Trinajstić information content (AvgIpc) is 3.20. The lowest BCUT2D eigenvalue weighted by atomic mass is 9.74. The highest BCUT2D eigenvalue weighted by molar-refractivity contribution is 6.00. The van der Waals surface area contributed by atoms with Crippen LogP contribution in [0.3, 0.4) is 0 Å². The summed E-state index contributed by atoms with van der Waals surface area (Å²) in [7, 11) is 1.62. The molecule has 0 radical (unpaired) electrons. The van der Waals surface area contributed by atoms with Crippen LogP contribution in [-0.4, -0.2) is 55.0 Å². The number of hydrogen-bond acceptors (Lipinski definition) is 7. The number of halogens is 3. The van der Waals surface area contributed by atoms with Gasteiger partial charge in [0.2, 0.25) is 0 Å². The second kappa shape index (κ2) is 8.31. The summed E-state index contributed by atoms with van der Waals surface area (Å²) < 4.78 is 42.4. The zero-order valence-corrected chi connectivity index (χ0v) is 18.6. The Morgan fingerprint density at radius 1 is 1.35 bits per heavy atom. The van der Waals surface area contributed by atoms with E-state index in [4.69, 9.17) is 0 Å². The van der Waals surface area contributed by atoms with E-state index in [0.29, 0.717) is 5.82 Å². The molecular weight excluding hydrogens is 455 g/mol. The van der Waals surface area contributed by atoms with Crippen molar-refractivity contribution in [1.29, 1.82) is 0 Å². The lowest BCUT2D eigenvalue weighted by Gasteiger charge is -2.46. The van der Waals surface area contributed by atoms with Crippen LogP contribution >= 0.6 is 0 Å². The van der Waals surface area contributed by atoms with Crippen molar-refractivity contribution in [3.05, 3.63) is 46.5 Å². The van der Waals surface area contributed by atoms with E-state index in [-0.39, 0.29) is 40.7 Å². The first-order valence-corrected chi connectivity index (χ1v) is 10.6. The standard InChI is InChI=1S/C21H24F3N7O3/c1-11(2)30-8-4-5-13(19(30)33)27-15-9-16(25-3)31-17(29-15)12(10-26-31)18(32)28-14-6-7-20(14,34)21(22,23)24/h4-5,8-11,14,25,34H,6-7H2,1-3H3,(H,27,29)(H,28,32)/t14-,20-/m1/s1. The summed E-state index contributed by atoms with van der Waals surface area (Å²) in [5.41, 5.74) is -3.00. The maximum atomic E-state index is 13.2. The minimum absolute atomic E-state index is 0.0148. The van der Waals surface area contributed by atoms with Crippen LogP contribution in [0, 0.1) is 0 Å². The van der Waals surface area contributed by atoms with Crippen LogP contribution < -0.4 is 21.5 Å². The number of carbonyl (C=O) groups excluding carboxylic acids is 1. The minimum atomic E-state index is -4.86. The van der Waals surface area contributed by atoms with E-state index in [0.717, 1.165) is 0 Å². The van der Waals surface area contributed by atoms with Crippen LogP contribution in [0.15, 0.2) is 35.4 Å². The zero-order valence-electron chi connectivity index (χ0n) is 18.6. The summed E-state index contributed by atoms with van der Waals surface area (Å²) in [4.78, 5) is 29.9. The summed E-state index contributed by atoms with van der Waals surface area (Å²) in [6.07, 6.45) is -2.52. The SMILES string of the molecule is CNc1cc(Nc2cccn(C(C)C)c2=O)nc2c(C(=O)N[C@@H]3CC[C@]3(O)C(F)(F)F)cnn12. The van der Waals surface area contributed by atoms with Crippen LogP contribution in [0.2, 0.25) is 0 Å². The number of carbonyl (C=O) groups is 1. The fraction of sp³-hybridized carbons (Fsp3) is 0.429. The lowest BCUT2D eigenvalue weighted by Crippen LogP contribution is -2.67. The van der Waals surface area contributed by atoms with Gasteiger partial charge in [-0.05, 0) is 38.8 Å². The van der Waals surface area contributed by atoms with Crippen molar-refractivity contribution in [2.45, 2.75) is 50.6 Å². The Kier molecular flexibility index (Phi) is 5.75. The van der Waals surface area contributed by atoms with Gasteiger partial charge in [-0.2, -0.15) is 22.8 Å².